The van der Waals surface area contributed by atoms with Gasteiger partial charge in [-0.3, -0.25) is 4.79 Å². The summed E-state index contributed by atoms with van der Waals surface area (Å²) in [7, 11) is 0. The lowest BCUT2D eigenvalue weighted by atomic mass is 10.0. The molecule has 0 aromatic rings. The molecule has 0 radical (unpaired) electrons. The van der Waals surface area contributed by atoms with Gasteiger partial charge in [0.1, 0.15) is 0 Å². The monoisotopic (exact) mass is 808 g/mol. The number of carbonyl (C=O) groups excluding carboxylic acids is 1. The highest BCUT2D eigenvalue weighted by Crippen LogP contribution is 2.15. The smallest absolute Gasteiger partial charge is 0.220 e. The zero-order valence-electron chi connectivity index (χ0n) is 38.5. The normalized spacial score (nSPS) is 13.5. The first kappa shape index (κ1) is 55.8. The lowest BCUT2D eigenvalue weighted by Gasteiger charge is -2.19. The van der Waals surface area contributed by atoms with Gasteiger partial charge >= 0.3 is 0 Å². The van der Waals surface area contributed by atoms with Gasteiger partial charge in [-0.2, -0.15) is 0 Å². The standard InChI is InChI=1S/C54H97NO3/c1-3-5-7-9-11-13-15-17-19-21-22-23-24-25-26-27-28-29-30-31-32-34-36-38-40-42-44-46-48-50-54(58)55-52(51-56)53(57)49-47-45-43-41-39-37-35-33-20-18-16-14-12-10-8-6-4-2/h15,17,20-22,24-25,33,39,41,47,49,52-53,56-57H,3-14,16,18-19,23,26-32,34-38,40,42-46,48,50-51H2,1-2H3,(H,55,58)/b17-15-,22-21-,25-24-,33-20+,41-39+,49-47+. The summed E-state index contributed by atoms with van der Waals surface area (Å²) < 4.78 is 0. The molecule has 0 aliphatic heterocycles. The van der Waals surface area contributed by atoms with Gasteiger partial charge in [0.15, 0.2) is 0 Å². The number of unbranched alkanes of at least 4 members (excludes halogenated alkanes) is 28. The van der Waals surface area contributed by atoms with Crippen LogP contribution in [-0.4, -0.2) is 34.9 Å². The Morgan fingerprint density at radius 3 is 1.12 bits per heavy atom. The third kappa shape index (κ3) is 44.9. The molecule has 0 saturated heterocycles. The number of hydrogen-bond donors (Lipinski definition) is 3. The lowest BCUT2D eigenvalue weighted by molar-refractivity contribution is -0.123. The molecular formula is C54H97NO3. The van der Waals surface area contributed by atoms with Crippen LogP contribution < -0.4 is 5.32 Å². The van der Waals surface area contributed by atoms with Gasteiger partial charge in [-0.05, 0) is 83.5 Å². The molecule has 0 aliphatic carbocycles. The van der Waals surface area contributed by atoms with Crippen molar-refractivity contribution in [3.05, 3.63) is 72.9 Å². The predicted molar refractivity (Wildman–Crippen MR) is 257 cm³/mol. The van der Waals surface area contributed by atoms with E-state index in [2.05, 4.69) is 79.9 Å². The van der Waals surface area contributed by atoms with Crippen molar-refractivity contribution in [1.82, 2.24) is 5.32 Å². The zero-order chi connectivity index (χ0) is 42.1. The Morgan fingerprint density at radius 2 is 0.724 bits per heavy atom. The minimum atomic E-state index is -0.873. The van der Waals surface area contributed by atoms with E-state index in [9.17, 15) is 15.0 Å². The van der Waals surface area contributed by atoms with Crippen LogP contribution in [0.15, 0.2) is 72.9 Å². The second-order valence-corrected chi connectivity index (χ2v) is 16.9. The minimum Gasteiger partial charge on any atom is -0.394 e. The summed E-state index contributed by atoms with van der Waals surface area (Å²) >= 11 is 0. The van der Waals surface area contributed by atoms with Crippen molar-refractivity contribution in [2.45, 2.75) is 257 Å². The fourth-order valence-corrected chi connectivity index (χ4v) is 7.28. The van der Waals surface area contributed by atoms with Crippen molar-refractivity contribution in [2.75, 3.05) is 6.61 Å². The van der Waals surface area contributed by atoms with Gasteiger partial charge in [-0.25, -0.2) is 0 Å². The molecule has 0 aromatic heterocycles. The quantitative estimate of drug-likeness (QED) is 0.0424. The third-order valence-corrected chi connectivity index (χ3v) is 11.1. The molecule has 0 aromatic carbocycles. The molecule has 3 N–H and O–H groups in total. The Bertz CT molecular complexity index is 1010. The van der Waals surface area contributed by atoms with Crippen LogP contribution in [0.4, 0.5) is 0 Å². The topological polar surface area (TPSA) is 69.6 Å². The molecule has 2 unspecified atom stereocenters. The maximum atomic E-state index is 12.4. The summed E-state index contributed by atoms with van der Waals surface area (Å²) in [6.07, 6.45) is 70.3. The van der Waals surface area contributed by atoms with Gasteiger partial charge in [0.25, 0.3) is 0 Å². The van der Waals surface area contributed by atoms with Crippen molar-refractivity contribution < 1.29 is 15.0 Å². The van der Waals surface area contributed by atoms with Crippen molar-refractivity contribution in [2.24, 2.45) is 0 Å². The molecule has 1 amide bonds. The first-order valence-electron chi connectivity index (χ1n) is 25.2. The van der Waals surface area contributed by atoms with Gasteiger partial charge in [-0.1, -0.05) is 228 Å². The number of rotatable bonds is 45. The Morgan fingerprint density at radius 1 is 0.414 bits per heavy atom. The molecule has 4 heteroatoms. The van der Waals surface area contributed by atoms with Crippen LogP contribution in [0.3, 0.4) is 0 Å². The average molecular weight is 808 g/mol. The summed E-state index contributed by atoms with van der Waals surface area (Å²) in [6, 6.07) is -0.648. The maximum Gasteiger partial charge on any atom is 0.220 e. The van der Waals surface area contributed by atoms with E-state index in [4.69, 9.17) is 0 Å². The van der Waals surface area contributed by atoms with E-state index < -0.39 is 12.1 Å². The van der Waals surface area contributed by atoms with E-state index >= 15 is 0 Å². The van der Waals surface area contributed by atoms with Gasteiger partial charge < -0.3 is 15.5 Å². The van der Waals surface area contributed by atoms with Gasteiger partial charge in [0.05, 0.1) is 18.8 Å². The van der Waals surface area contributed by atoms with E-state index in [0.717, 1.165) is 51.4 Å². The summed E-state index contributed by atoms with van der Waals surface area (Å²) in [5.74, 6) is -0.0800. The van der Waals surface area contributed by atoms with E-state index in [0.29, 0.717) is 6.42 Å². The number of nitrogens with one attached hydrogen (secondary N) is 1. The highest BCUT2D eigenvalue weighted by Gasteiger charge is 2.17. The highest BCUT2D eigenvalue weighted by atomic mass is 16.3. The second kappa shape index (κ2) is 49.2. The molecular weight excluding hydrogens is 711 g/mol. The van der Waals surface area contributed by atoms with Crippen LogP contribution in [0.2, 0.25) is 0 Å². The van der Waals surface area contributed by atoms with Gasteiger partial charge in [0, 0.05) is 6.42 Å². The molecule has 0 bridgehead atoms. The predicted octanol–water partition coefficient (Wildman–Crippen LogP) is 16.2. The molecule has 4 nitrogen and oxygen atoms in total. The van der Waals surface area contributed by atoms with Crippen molar-refractivity contribution in [1.29, 1.82) is 0 Å². The SMILES string of the molecule is CCCCCCC/C=C\C/C=C\C/C=C\CCCCCCCCCCCCCCCCC(=O)NC(CO)C(O)/C=C/CC/C=C/CC/C=C/CCCCCCCCC. The van der Waals surface area contributed by atoms with Crippen LogP contribution in [0, 0.1) is 0 Å². The Hall–Kier alpha value is -2.17. The maximum absolute atomic E-state index is 12.4. The van der Waals surface area contributed by atoms with Crippen LogP contribution in [-0.2, 0) is 4.79 Å². The molecule has 0 aliphatic rings. The fourth-order valence-electron chi connectivity index (χ4n) is 7.28. The summed E-state index contributed by atoms with van der Waals surface area (Å²) in [6.45, 7) is 4.28. The van der Waals surface area contributed by atoms with Crippen molar-refractivity contribution >= 4 is 5.91 Å². The third-order valence-electron chi connectivity index (χ3n) is 11.1. The van der Waals surface area contributed by atoms with Crippen molar-refractivity contribution in [3.63, 3.8) is 0 Å². The molecule has 2 atom stereocenters. The molecule has 0 rings (SSSR count). The number of hydrogen-bond acceptors (Lipinski definition) is 3. The van der Waals surface area contributed by atoms with Gasteiger partial charge in [-0.15, -0.1) is 0 Å². The summed E-state index contributed by atoms with van der Waals surface area (Å²) in [5, 5.41) is 23.0. The molecule has 0 saturated carbocycles. The Kier molecular flexibility index (Phi) is 47.4. The molecule has 0 fully saturated rings. The molecule has 0 heterocycles. The first-order valence-corrected chi connectivity index (χ1v) is 25.2. The molecule has 336 valence electrons. The fraction of sp³-hybridized carbons (Fsp3) is 0.759. The molecule has 0 spiro atoms. The Labute approximate surface area is 361 Å². The largest absolute Gasteiger partial charge is 0.394 e. The summed E-state index contributed by atoms with van der Waals surface area (Å²) in [4.78, 5) is 12.4. The minimum absolute atomic E-state index is 0.0800. The van der Waals surface area contributed by atoms with Gasteiger partial charge in [0.2, 0.25) is 5.91 Å². The van der Waals surface area contributed by atoms with E-state index in [-0.39, 0.29) is 12.5 Å². The number of carbonyl (C=O) groups is 1. The number of amides is 1. The summed E-state index contributed by atoms with van der Waals surface area (Å²) in [5.41, 5.74) is 0. The lowest BCUT2D eigenvalue weighted by Crippen LogP contribution is -2.45. The first-order chi connectivity index (χ1) is 28.7. The Balaban J connectivity index is 3.57. The second-order valence-electron chi connectivity index (χ2n) is 16.9. The van der Waals surface area contributed by atoms with E-state index in [1.165, 1.54) is 173 Å². The van der Waals surface area contributed by atoms with Crippen LogP contribution in [0.25, 0.3) is 0 Å². The van der Waals surface area contributed by atoms with E-state index in [1.807, 2.05) is 6.08 Å². The van der Waals surface area contributed by atoms with Crippen LogP contribution >= 0.6 is 0 Å². The number of allylic oxidation sites excluding steroid dienone is 11. The highest BCUT2D eigenvalue weighted by molar-refractivity contribution is 5.76. The van der Waals surface area contributed by atoms with Crippen LogP contribution in [0.5, 0.6) is 0 Å². The van der Waals surface area contributed by atoms with Crippen molar-refractivity contribution in [3.8, 4) is 0 Å². The average Bonchev–Trinajstić information content (AvgIpc) is 3.23. The van der Waals surface area contributed by atoms with E-state index in [1.54, 1.807) is 6.08 Å². The number of aliphatic hydroxyl groups is 2. The number of aliphatic hydroxyl groups excluding tert-OH is 2. The molecule has 58 heavy (non-hydrogen) atoms. The zero-order valence-corrected chi connectivity index (χ0v) is 38.5. The van der Waals surface area contributed by atoms with Crippen LogP contribution in [0.1, 0.15) is 245 Å².